The Morgan fingerprint density at radius 1 is 0.763 bits per heavy atom. The van der Waals surface area contributed by atoms with Gasteiger partial charge in [0.2, 0.25) is 0 Å². The van der Waals surface area contributed by atoms with Crippen LogP contribution in [0.3, 0.4) is 0 Å². The molecule has 0 amide bonds. The minimum atomic E-state index is 0. The van der Waals surface area contributed by atoms with Gasteiger partial charge in [0.05, 0.1) is 11.1 Å². The average molecular weight is 693 g/mol. The molecule has 4 aromatic carbocycles. The molecule has 0 atom stereocenters. The third-order valence-corrected chi connectivity index (χ3v) is 7.67. The Balaban J connectivity index is 0.00000294. The number of pyridine rings is 1. The van der Waals surface area contributed by atoms with Gasteiger partial charge in [0.15, 0.2) is 0 Å². The van der Waals surface area contributed by atoms with Crippen LogP contribution in [0.15, 0.2) is 91.1 Å². The van der Waals surface area contributed by atoms with Crippen molar-refractivity contribution in [2.24, 2.45) is 0 Å². The van der Waals surface area contributed by atoms with Crippen LogP contribution in [0.2, 0.25) is 0 Å². The summed E-state index contributed by atoms with van der Waals surface area (Å²) < 4.78 is 1.07. The number of thiazole rings is 1. The largest absolute Gasteiger partial charge is 0.507 e. The molecule has 0 saturated heterocycles. The van der Waals surface area contributed by atoms with Crippen LogP contribution in [0.1, 0.15) is 16.7 Å². The molecular formula is C33H25N2OPtS-. The Kier molecular flexibility index (Phi) is 7.29. The molecule has 0 spiro atoms. The van der Waals surface area contributed by atoms with E-state index in [2.05, 4.69) is 74.3 Å². The van der Waals surface area contributed by atoms with E-state index in [0.717, 1.165) is 48.7 Å². The van der Waals surface area contributed by atoms with Crippen molar-refractivity contribution in [3.05, 3.63) is 114 Å². The Morgan fingerprint density at radius 3 is 2.21 bits per heavy atom. The molecule has 0 fully saturated rings. The Bertz CT molecular complexity index is 1750. The van der Waals surface area contributed by atoms with E-state index in [1.54, 1.807) is 17.4 Å². The monoisotopic (exact) mass is 692 g/mol. The first kappa shape index (κ1) is 26.0. The number of hydrogen-bond acceptors (Lipinski definition) is 4. The number of para-hydroxylation sites is 2. The first-order chi connectivity index (χ1) is 18.0. The Labute approximate surface area is 241 Å². The third-order valence-electron chi connectivity index (χ3n) is 6.62. The minimum absolute atomic E-state index is 0. The van der Waals surface area contributed by atoms with Crippen LogP contribution in [0.5, 0.6) is 5.75 Å². The van der Waals surface area contributed by atoms with Gasteiger partial charge in [-0.2, -0.15) is 0 Å². The van der Waals surface area contributed by atoms with Crippen molar-refractivity contribution in [1.29, 1.82) is 0 Å². The van der Waals surface area contributed by atoms with Crippen LogP contribution in [0.25, 0.3) is 54.3 Å². The van der Waals surface area contributed by atoms with Crippen molar-refractivity contribution >= 4 is 21.6 Å². The van der Waals surface area contributed by atoms with Crippen LogP contribution in [0, 0.1) is 26.8 Å². The summed E-state index contributed by atoms with van der Waals surface area (Å²) in [5.74, 6) is 0.236. The van der Waals surface area contributed by atoms with Crippen molar-refractivity contribution < 1.29 is 26.2 Å². The van der Waals surface area contributed by atoms with Crippen molar-refractivity contribution in [2.75, 3.05) is 0 Å². The molecular weight excluding hydrogens is 668 g/mol. The molecule has 0 unspecified atom stereocenters. The van der Waals surface area contributed by atoms with Crippen LogP contribution in [0.4, 0.5) is 0 Å². The zero-order valence-electron chi connectivity index (χ0n) is 21.2. The van der Waals surface area contributed by atoms with Crippen LogP contribution < -0.4 is 0 Å². The molecule has 5 heteroatoms. The maximum atomic E-state index is 10.4. The van der Waals surface area contributed by atoms with Gasteiger partial charge in [-0.25, -0.2) is 4.98 Å². The van der Waals surface area contributed by atoms with Gasteiger partial charge in [-0.05, 0) is 61.7 Å². The quantitative estimate of drug-likeness (QED) is 0.188. The standard InChI is InChI=1S/C33H25N2OS.Pt/c1-20-15-21(2)31(22(3)16-20)25-18-23(17-24(19-25)28-11-6-7-14-34-28)26-10-8-13-30-32(26)35-33(37-30)27-9-4-5-12-29(27)36;/h4-16,18-19,36H,1-3H3;/q-1;. The number of phenols is 1. The van der Waals surface area contributed by atoms with Gasteiger partial charge in [-0.3, -0.25) is 4.98 Å². The number of benzene rings is 4. The van der Waals surface area contributed by atoms with Crippen LogP contribution in [-0.4, -0.2) is 15.1 Å². The number of aromatic nitrogens is 2. The molecule has 0 aliphatic rings. The summed E-state index contributed by atoms with van der Waals surface area (Å²) in [6.07, 6.45) is 1.82. The molecule has 6 aromatic rings. The van der Waals surface area contributed by atoms with E-state index in [0.29, 0.717) is 0 Å². The summed E-state index contributed by atoms with van der Waals surface area (Å²) in [5.41, 5.74) is 11.6. The van der Waals surface area contributed by atoms with E-state index in [9.17, 15) is 5.11 Å². The number of aromatic hydroxyl groups is 1. The zero-order valence-corrected chi connectivity index (χ0v) is 24.3. The number of phenolic OH excluding ortho intramolecular Hbond substituents is 1. The minimum Gasteiger partial charge on any atom is -0.507 e. The molecule has 0 saturated carbocycles. The molecule has 3 nitrogen and oxygen atoms in total. The fourth-order valence-corrected chi connectivity index (χ4v) is 6.12. The smallest absolute Gasteiger partial charge is 0.127 e. The molecule has 0 radical (unpaired) electrons. The summed E-state index contributed by atoms with van der Waals surface area (Å²) in [6.45, 7) is 6.48. The Hall–Kier alpha value is -3.59. The maximum Gasteiger partial charge on any atom is 0.127 e. The SMILES string of the molecule is Cc1cc(C)c(-c2cc(-c3ccccn3)[c-]c(-c3cccc4sc(-c5ccccc5O)nc34)c2)c(C)c1.[Pt]. The number of nitrogens with zero attached hydrogens (tertiary/aromatic N) is 2. The number of aryl methyl sites for hydroxylation is 3. The maximum absolute atomic E-state index is 10.4. The second-order valence-corrected chi connectivity index (χ2v) is 10.4. The number of hydrogen-bond donors (Lipinski definition) is 1. The molecule has 0 aliphatic heterocycles. The van der Waals surface area contributed by atoms with E-state index in [-0.39, 0.29) is 26.8 Å². The van der Waals surface area contributed by atoms with Crippen molar-refractivity contribution in [1.82, 2.24) is 9.97 Å². The van der Waals surface area contributed by atoms with Gasteiger partial charge in [0.25, 0.3) is 0 Å². The molecule has 2 aromatic heterocycles. The van der Waals surface area contributed by atoms with Gasteiger partial charge in [-0.15, -0.1) is 35.1 Å². The molecule has 190 valence electrons. The van der Waals surface area contributed by atoms with E-state index in [1.165, 1.54) is 22.3 Å². The number of fused-ring (bicyclic) bond motifs is 1. The normalized spacial score (nSPS) is 10.9. The van der Waals surface area contributed by atoms with E-state index in [1.807, 2.05) is 42.6 Å². The predicted octanol–water partition coefficient (Wildman–Crippen LogP) is 8.79. The fourth-order valence-electron chi connectivity index (χ4n) is 5.09. The summed E-state index contributed by atoms with van der Waals surface area (Å²) in [6, 6.07) is 32.1. The van der Waals surface area contributed by atoms with Crippen LogP contribution >= 0.6 is 11.3 Å². The van der Waals surface area contributed by atoms with Gasteiger partial charge >= 0.3 is 0 Å². The second-order valence-electron chi connectivity index (χ2n) is 9.37. The van der Waals surface area contributed by atoms with Crippen LogP contribution in [-0.2, 0) is 21.1 Å². The van der Waals surface area contributed by atoms with E-state index in [4.69, 9.17) is 4.98 Å². The average Bonchev–Trinajstić information content (AvgIpc) is 3.33. The van der Waals surface area contributed by atoms with Crippen molar-refractivity contribution in [3.8, 4) is 49.8 Å². The fraction of sp³-hybridized carbons (Fsp3) is 0.0909. The summed E-state index contributed by atoms with van der Waals surface area (Å²) in [7, 11) is 0. The molecule has 38 heavy (non-hydrogen) atoms. The third kappa shape index (κ3) is 4.82. The molecule has 0 bridgehead atoms. The van der Waals surface area contributed by atoms with Gasteiger partial charge in [-0.1, -0.05) is 70.8 Å². The predicted molar refractivity (Wildman–Crippen MR) is 154 cm³/mol. The first-order valence-electron chi connectivity index (χ1n) is 12.2. The van der Waals surface area contributed by atoms with Gasteiger partial charge in [0.1, 0.15) is 10.8 Å². The summed E-state index contributed by atoms with van der Waals surface area (Å²) in [4.78, 5) is 9.62. The Morgan fingerprint density at radius 2 is 1.47 bits per heavy atom. The topological polar surface area (TPSA) is 46.0 Å². The second kappa shape index (κ2) is 10.6. The molecule has 6 rings (SSSR count). The van der Waals surface area contributed by atoms with Gasteiger partial charge < -0.3 is 5.11 Å². The first-order valence-corrected chi connectivity index (χ1v) is 13.0. The van der Waals surface area contributed by atoms with Crippen molar-refractivity contribution in [3.63, 3.8) is 0 Å². The summed E-state index contributed by atoms with van der Waals surface area (Å²) >= 11 is 1.58. The van der Waals surface area contributed by atoms with E-state index < -0.39 is 0 Å². The zero-order chi connectivity index (χ0) is 25.5. The molecule has 2 heterocycles. The number of rotatable bonds is 4. The van der Waals surface area contributed by atoms with Crippen molar-refractivity contribution in [2.45, 2.75) is 20.8 Å². The van der Waals surface area contributed by atoms with Gasteiger partial charge in [0, 0.05) is 37.7 Å². The summed E-state index contributed by atoms with van der Waals surface area (Å²) in [5, 5.41) is 11.2. The van der Waals surface area contributed by atoms with E-state index >= 15 is 0 Å². The molecule has 0 aliphatic carbocycles. The molecule has 1 N–H and O–H groups in total.